The van der Waals surface area contributed by atoms with Gasteiger partial charge < -0.3 is 0 Å². The zero-order chi connectivity index (χ0) is 16.4. The van der Waals surface area contributed by atoms with Crippen LogP contribution in [0.1, 0.15) is 12.8 Å². The first-order valence-electron chi connectivity index (χ1n) is 8.11. The van der Waals surface area contributed by atoms with Crippen molar-refractivity contribution in [2.24, 2.45) is 0 Å². The minimum Gasteiger partial charge on any atom is -0.296 e. The first-order chi connectivity index (χ1) is 11.8. The third kappa shape index (κ3) is 2.56. The number of aromatic nitrogens is 2. The molecule has 1 saturated heterocycles. The largest absolute Gasteiger partial charge is 0.296 e. The van der Waals surface area contributed by atoms with Crippen molar-refractivity contribution in [1.82, 2.24) is 9.97 Å². The van der Waals surface area contributed by atoms with Crippen LogP contribution in [0.5, 0.6) is 0 Å². The molecule has 1 aliphatic rings. The van der Waals surface area contributed by atoms with Crippen LogP contribution in [-0.4, -0.2) is 22.4 Å². The lowest BCUT2D eigenvalue weighted by atomic mass is 9.99. The summed E-state index contributed by atoms with van der Waals surface area (Å²) in [6.07, 6.45) is 3.01. The monoisotopic (exact) mass is 315 g/mol. The van der Waals surface area contributed by atoms with Gasteiger partial charge in [0.15, 0.2) is 0 Å². The molecule has 0 radical (unpaired) electrons. The zero-order valence-corrected chi connectivity index (χ0v) is 13.2. The van der Waals surface area contributed by atoms with E-state index < -0.39 is 0 Å². The van der Waals surface area contributed by atoms with E-state index in [1.54, 1.807) is 11.2 Å². The molecule has 4 nitrogen and oxygen atoms in total. The number of hydrogen-bond donors (Lipinski definition) is 0. The van der Waals surface area contributed by atoms with Crippen LogP contribution in [0.4, 0.5) is 5.82 Å². The molecular formula is C20H17N3O. The van der Waals surface area contributed by atoms with Crippen molar-refractivity contribution in [2.75, 3.05) is 11.4 Å². The molecule has 0 N–H and O–H groups in total. The summed E-state index contributed by atoms with van der Waals surface area (Å²) in [6.45, 7) is 0.712. The number of carbonyl (C=O) groups is 1. The van der Waals surface area contributed by atoms with E-state index >= 15 is 0 Å². The summed E-state index contributed by atoms with van der Waals surface area (Å²) in [5.41, 5.74) is 3.81. The third-order valence-electron chi connectivity index (χ3n) is 4.27. The highest BCUT2D eigenvalue weighted by Gasteiger charge is 2.27. The van der Waals surface area contributed by atoms with Gasteiger partial charge in [-0.1, -0.05) is 60.7 Å². The van der Waals surface area contributed by atoms with E-state index in [1.165, 1.54) is 0 Å². The molecule has 0 bridgehead atoms. The van der Waals surface area contributed by atoms with Gasteiger partial charge in [0.25, 0.3) is 0 Å². The molecule has 118 valence electrons. The highest BCUT2D eigenvalue weighted by molar-refractivity contribution is 6.00. The van der Waals surface area contributed by atoms with Gasteiger partial charge in [0.1, 0.15) is 12.1 Å². The number of anilines is 1. The van der Waals surface area contributed by atoms with Gasteiger partial charge in [-0.25, -0.2) is 9.97 Å². The van der Waals surface area contributed by atoms with E-state index in [4.69, 9.17) is 0 Å². The quantitative estimate of drug-likeness (QED) is 0.735. The van der Waals surface area contributed by atoms with Crippen LogP contribution in [0.3, 0.4) is 0 Å². The Labute approximate surface area is 140 Å². The Bertz CT molecular complexity index is 863. The summed E-state index contributed by atoms with van der Waals surface area (Å²) >= 11 is 0. The molecule has 24 heavy (non-hydrogen) atoms. The molecule has 2 aromatic carbocycles. The molecule has 1 aromatic heterocycles. The average Bonchev–Trinajstić information content (AvgIpc) is 3.08. The summed E-state index contributed by atoms with van der Waals surface area (Å²) in [7, 11) is 0. The van der Waals surface area contributed by atoms with Crippen LogP contribution in [-0.2, 0) is 4.79 Å². The predicted octanol–water partition coefficient (Wildman–Crippen LogP) is 3.94. The molecule has 0 spiro atoms. The number of nitrogens with zero attached hydrogens (tertiary/aromatic N) is 3. The van der Waals surface area contributed by atoms with E-state index in [0.717, 1.165) is 28.8 Å². The van der Waals surface area contributed by atoms with Crippen molar-refractivity contribution in [1.29, 1.82) is 0 Å². The lowest BCUT2D eigenvalue weighted by Crippen LogP contribution is -2.25. The number of benzene rings is 2. The number of hydrogen-bond acceptors (Lipinski definition) is 3. The van der Waals surface area contributed by atoms with Crippen LogP contribution in [0.2, 0.25) is 0 Å². The Kier molecular flexibility index (Phi) is 3.79. The molecular weight excluding hydrogens is 298 g/mol. The second-order valence-corrected chi connectivity index (χ2v) is 5.80. The Morgan fingerprint density at radius 1 is 0.833 bits per heavy atom. The van der Waals surface area contributed by atoms with Crippen molar-refractivity contribution in [3.05, 3.63) is 67.0 Å². The van der Waals surface area contributed by atoms with Crippen molar-refractivity contribution in [3.63, 3.8) is 0 Å². The van der Waals surface area contributed by atoms with Gasteiger partial charge in [-0.05, 0) is 12.0 Å². The fourth-order valence-electron chi connectivity index (χ4n) is 3.14. The molecule has 1 aliphatic heterocycles. The van der Waals surface area contributed by atoms with Gasteiger partial charge >= 0.3 is 0 Å². The summed E-state index contributed by atoms with van der Waals surface area (Å²) < 4.78 is 0. The van der Waals surface area contributed by atoms with E-state index in [1.807, 2.05) is 60.7 Å². The Balaban J connectivity index is 1.96. The smallest absolute Gasteiger partial charge is 0.228 e. The third-order valence-corrected chi connectivity index (χ3v) is 4.27. The Morgan fingerprint density at radius 2 is 1.50 bits per heavy atom. The van der Waals surface area contributed by atoms with Gasteiger partial charge in [0.05, 0.1) is 11.3 Å². The second kappa shape index (κ2) is 6.24. The fourth-order valence-corrected chi connectivity index (χ4v) is 3.14. The highest BCUT2D eigenvalue weighted by Crippen LogP contribution is 2.37. The molecule has 1 fully saturated rings. The average molecular weight is 315 g/mol. The van der Waals surface area contributed by atoms with Gasteiger partial charge in [-0.15, -0.1) is 0 Å². The normalized spacial score (nSPS) is 14.2. The van der Waals surface area contributed by atoms with Crippen molar-refractivity contribution in [2.45, 2.75) is 12.8 Å². The van der Waals surface area contributed by atoms with Crippen molar-refractivity contribution >= 4 is 11.7 Å². The summed E-state index contributed by atoms with van der Waals surface area (Å²) in [6, 6.07) is 20.1. The highest BCUT2D eigenvalue weighted by atomic mass is 16.2. The number of amides is 1. The SMILES string of the molecule is O=C1CCCN1c1ncnc(-c2ccccc2)c1-c1ccccc1. The Morgan fingerprint density at radius 3 is 2.12 bits per heavy atom. The van der Waals surface area contributed by atoms with Gasteiger partial charge in [0, 0.05) is 18.5 Å². The molecule has 4 heteroatoms. The van der Waals surface area contributed by atoms with Crippen LogP contribution in [0, 0.1) is 0 Å². The Hall–Kier alpha value is -3.01. The summed E-state index contributed by atoms with van der Waals surface area (Å²) in [5, 5.41) is 0. The van der Waals surface area contributed by atoms with Crippen LogP contribution in [0.15, 0.2) is 67.0 Å². The first kappa shape index (κ1) is 14.6. The van der Waals surface area contributed by atoms with Crippen molar-refractivity contribution < 1.29 is 4.79 Å². The number of carbonyl (C=O) groups excluding carboxylic acids is 1. The molecule has 0 atom stereocenters. The fraction of sp³-hybridized carbons (Fsp3) is 0.150. The topological polar surface area (TPSA) is 46.1 Å². The van der Waals surface area contributed by atoms with Crippen molar-refractivity contribution in [3.8, 4) is 22.4 Å². The van der Waals surface area contributed by atoms with E-state index in [0.29, 0.717) is 18.8 Å². The van der Waals surface area contributed by atoms with E-state index in [9.17, 15) is 4.79 Å². The lowest BCUT2D eigenvalue weighted by molar-refractivity contribution is -0.117. The molecule has 0 aliphatic carbocycles. The van der Waals surface area contributed by atoms with Crippen LogP contribution >= 0.6 is 0 Å². The maximum absolute atomic E-state index is 12.3. The number of rotatable bonds is 3. The molecule has 0 unspecified atom stereocenters. The summed E-state index contributed by atoms with van der Waals surface area (Å²) in [4.78, 5) is 23.1. The van der Waals surface area contributed by atoms with Gasteiger partial charge in [0.2, 0.25) is 5.91 Å². The van der Waals surface area contributed by atoms with Gasteiger partial charge in [-0.3, -0.25) is 9.69 Å². The molecule has 3 aromatic rings. The van der Waals surface area contributed by atoms with E-state index in [-0.39, 0.29) is 5.91 Å². The maximum Gasteiger partial charge on any atom is 0.228 e. The lowest BCUT2D eigenvalue weighted by Gasteiger charge is -2.20. The van der Waals surface area contributed by atoms with Gasteiger partial charge in [-0.2, -0.15) is 0 Å². The maximum atomic E-state index is 12.3. The second-order valence-electron chi connectivity index (χ2n) is 5.80. The molecule has 0 saturated carbocycles. The minimum atomic E-state index is 0.130. The standard InChI is InChI=1S/C20H17N3O/c24-17-12-7-13-23(17)20-18(15-8-3-1-4-9-15)19(21-14-22-20)16-10-5-2-6-11-16/h1-6,8-11,14H,7,12-13H2. The first-order valence-corrected chi connectivity index (χ1v) is 8.11. The minimum absolute atomic E-state index is 0.130. The van der Waals surface area contributed by atoms with Crippen LogP contribution in [0.25, 0.3) is 22.4 Å². The molecule has 4 rings (SSSR count). The molecule has 1 amide bonds. The zero-order valence-electron chi connectivity index (χ0n) is 13.2. The predicted molar refractivity (Wildman–Crippen MR) is 94.5 cm³/mol. The van der Waals surface area contributed by atoms with Crippen LogP contribution < -0.4 is 4.90 Å². The summed E-state index contributed by atoms with van der Waals surface area (Å²) in [5.74, 6) is 0.836. The van der Waals surface area contributed by atoms with E-state index in [2.05, 4.69) is 9.97 Å². The molecule has 2 heterocycles.